The molecule has 4 nitrogen and oxygen atoms in total. The molecule has 1 saturated heterocycles. The van der Waals surface area contributed by atoms with E-state index in [4.69, 9.17) is 11.6 Å². The summed E-state index contributed by atoms with van der Waals surface area (Å²) >= 11 is 11.3. The summed E-state index contributed by atoms with van der Waals surface area (Å²) in [5.41, 5.74) is 2.34. The molecular formula is C16H14BrClN4S. The van der Waals surface area contributed by atoms with Crippen molar-refractivity contribution < 1.29 is 0 Å². The number of hydrogen-bond acceptors (Lipinski definition) is 5. The standard InChI is InChI=1S/C16H14BrClN4S/c17-11-3-1-10(2-4-11)12-9-23-15-13(12)14(20-16(18)21-15)22-7-5-19-6-8-22/h1-4,9,19H,5-8H2. The van der Waals surface area contributed by atoms with E-state index in [2.05, 4.69) is 65.8 Å². The van der Waals surface area contributed by atoms with Crippen LogP contribution in [0.25, 0.3) is 21.3 Å². The molecule has 1 aliphatic rings. The summed E-state index contributed by atoms with van der Waals surface area (Å²) in [7, 11) is 0. The maximum Gasteiger partial charge on any atom is 0.225 e. The van der Waals surface area contributed by atoms with Crippen LogP contribution in [0.5, 0.6) is 0 Å². The summed E-state index contributed by atoms with van der Waals surface area (Å²) in [5, 5.41) is 6.93. The largest absolute Gasteiger partial charge is 0.353 e. The number of thiophene rings is 1. The molecule has 0 bridgehead atoms. The number of aromatic nitrogens is 2. The first-order valence-electron chi connectivity index (χ1n) is 7.39. The molecule has 7 heteroatoms. The number of rotatable bonds is 2. The fraction of sp³-hybridized carbons (Fsp3) is 0.250. The summed E-state index contributed by atoms with van der Waals surface area (Å²) in [6.45, 7) is 3.78. The van der Waals surface area contributed by atoms with E-state index in [9.17, 15) is 0 Å². The minimum absolute atomic E-state index is 0.315. The Labute approximate surface area is 151 Å². The lowest BCUT2D eigenvalue weighted by atomic mass is 10.1. The molecule has 0 aliphatic carbocycles. The van der Waals surface area contributed by atoms with Crippen LogP contribution in [0.1, 0.15) is 0 Å². The molecule has 1 fully saturated rings. The molecule has 0 spiro atoms. The Morgan fingerprint density at radius 3 is 2.61 bits per heavy atom. The normalized spacial score (nSPS) is 15.3. The van der Waals surface area contributed by atoms with Gasteiger partial charge >= 0.3 is 0 Å². The van der Waals surface area contributed by atoms with Gasteiger partial charge in [-0.3, -0.25) is 0 Å². The molecule has 0 amide bonds. The quantitative estimate of drug-likeness (QED) is 0.645. The fourth-order valence-electron chi connectivity index (χ4n) is 2.85. The molecule has 4 rings (SSSR count). The van der Waals surface area contributed by atoms with Gasteiger partial charge in [0.2, 0.25) is 5.28 Å². The second-order valence-corrected chi connectivity index (χ2v) is 7.50. The van der Waals surface area contributed by atoms with Crippen LogP contribution in [0.3, 0.4) is 0 Å². The van der Waals surface area contributed by atoms with Crippen molar-refractivity contribution in [2.75, 3.05) is 31.1 Å². The Morgan fingerprint density at radius 2 is 1.87 bits per heavy atom. The number of halogens is 2. The summed E-state index contributed by atoms with van der Waals surface area (Å²) in [5.74, 6) is 0.945. The minimum Gasteiger partial charge on any atom is -0.353 e. The minimum atomic E-state index is 0.315. The smallest absolute Gasteiger partial charge is 0.225 e. The number of nitrogens with zero attached hydrogens (tertiary/aromatic N) is 3. The highest BCUT2D eigenvalue weighted by molar-refractivity contribution is 9.10. The molecule has 1 aliphatic heterocycles. The van der Waals surface area contributed by atoms with Crippen LogP contribution in [0.2, 0.25) is 5.28 Å². The van der Waals surface area contributed by atoms with Crippen molar-refractivity contribution in [1.29, 1.82) is 0 Å². The predicted molar refractivity (Wildman–Crippen MR) is 101 cm³/mol. The first-order chi connectivity index (χ1) is 11.2. The van der Waals surface area contributed by atoms with Crippen molar-refractivity contribution >= 4 is 54.9 Å². The topological polar surface area (TPSA) is 41.1 Å². The predicted octanol–water partition coefficient (Wildman–Crippen LogP) is 4.18. The maximum absolute atomic E-state index is 6.16. The van der Waals surface area contributed by atoms with Crippen LogP contribution in [-0.2, 0) is 0 Å². The fourth-order valence-corrected chi connectivity index (χ4v) is 4.27. The zero-order valence-electron chi connectivity index (χ0n) is 12.2. The third kappa shape index (κ3) is 2.96. The molecule has 2 aromatic heterocycles. The van der Waals surface area contributed by atoms with E-state index in [0.29, 0.717) is 5.28 Å². The van der Waals surface area contributed by atoms with Gasteiger partial charge in [0.05, 0.1) is 5.39 Å². The summed E-state index contributed by atoms with van der Waals surface area (Å²) in [6, 6.07) is 8.34. The molecule has 1 aromatic carbocycles. The molecule has 3 heterocycles. The highest BCUT2D eigenvalue weighted by Crippen LogP contribution is 2.39. The van der Waals surface area contributed by atoms with Gasteiger partial charge in [0.1, 0.15) is 10.6 Å². The van der Waals surface area contributed by atoms with Gasteiger partial charge in [-0.05, 0) is 29.3 Å². The van der Waals surface area contributed by atoms with Gasteiger partial charge in [0.15, 0.2) is 0 Å². The summed E-state index contributed by atoms with van der Waals surface area (Å²) < 4.78 is 1.07. The molecule has 3 aromatic rings. The monoisotopic (exact) mass is 408 g/mol. The van der Waals surface area contributed by atoms with Gasteiger partial charge < -0.3 is 10.2 Å². The number of nitrogens with one attached hydrogen (secondary N) is 1. The van der Waals surface area contributed by atoms with Crippen molar-refractivity contribution in [2.24, 2.45) is 0 Å². The highest BCUT2D eigenvalue weighted by atomic mass is 79.9. The van der Waals surface area contributed by atoms with Crippen molar-refractivity contribution in [2.45, 2.75) is 0 Å². The Hall–Kier alpha value is -1.21. The van der Waals surface area contributed by atoms with Crippen molar-refractivity contribution in [3.63, 3.8) is 0 Å². The Bertz CT molecular complexity index is 843. The number of piperazine rings is 1. The van der Waals surface area contributed by atoms with Gasteiger partial charge in [0.25, 0.3) is 0 Å². The molecule has 118 valence electrons. The number of hydrogen-bond donors (Lipinski definition) is 1. The van der Waals surface area contributed by atoms with Gasteiger partial charge in [0, 0.05) is 41.6 Å². The van der Waals surface area contributed by atoms with Crippen LogP contribution in [0, 0.1) is 0 Å². The third-order valence-corrected chi connectivity index (χ3v) is 5.53. The van der Waals surface area contributed by atoms with E-state index >= 15 is 0 Å². The van der Waals surface area contributed by atoms with E-state index in [1.807, 2.05) is 0 Å². The third-order valence-electron chi connectivity index (χ3n) is 3.96. The Kier molecular flexibility index (Phi) is 4.24. The second kappa shape index (κ2) is 6.36. The first-order valence-corrected chi connectivity index (χ1v) is 9.44. The zero-order valence-corrected chi connectivity index (χ0v) is 15.4. The summed E-state index contributed by atoms with van der Waals surface area (Å²) in [6.07, 6.45) is 0. The number of benzene rings is 1. The first kappa shape index (κ1) is 15.3. The molecular weight excluding hydrogens is 396 g/mol. The van der Waals surface area contributed by atoms with E-state index in [1.165, 1.54) is 11.1 Å². The Morgan fingerprint density at radius 1 is 1.13 bits per heavy atom. The molecule has 1 N–H and O–H groups in total. The lowest BCUT2D eigenvalue weighted by molar-refractivity contribution is 0.586. The molecule has 0 radical (unpaired) electrons. The summed E-state index contributed by atoms with van der Waals surface area (Å²) in [4.78, 5) is 12.2. The van der Waals surface area contributed by atoms with E-state index in [1.54, 1.807) is 11.3 Å². The average molecular weight is 410 g/mol. The van der Waals surface area contributed by atoms with Gasteiger partial charge in [-0.1, -0.05) is 28.1 Å². The zero-order chi connectivity index (χ0) is 15.8. The molecule has 0 atom stereocenters. The van der Waals surface area contributed by atoms with Crippen LogP contribution in [0.15, 0.2) is 34.1 Å². The van der Waals surface area contributed by atoms with Gasteiger partial charge in [-0.25, -0.2) is 4.98 Å². The van der Waals surface area contributed by atoms with E-state index in [0.717, 1.165) is 46.7 Å². The average Bonchev–Trinajstić information content (AvgIpc) is 2.99. The van der Waals surface area contributed by atoms with Gasteiger partial charge in [-0.2, -0.15) is 4.98 Å². The molecule has 0 unspecified atom stereocenters. The van der Waals surface area contributed by atoms with Crippen LogP contribution >= 0.6 is 38.9 Å². The maximum atomic E-state index is 6.16. The number of anilines is 1. The highest BCUT2D eigenvalue weighted by Gasteiger charge is 2.20. The van der Waals surface area contributed by atoms with Crippen LogP contribution < -0.4 is 10.2 Å². The van der Waals surface area contributed by atoms with Crippen molar-refractivity contribution in [1.82, 2.24) is 15.3 Å². The van der Waals surface area contributed by atoms with Crippen LogP contribution in [0.4, 0.5) is 5.82 Å². The lowest BCUT2D eigenvalue weighted by Gasteiger charge is -2.29. The molecule has 0 saturated carbocycles. The SMILES string of the molecule is Clc1nc(N2CCNCC2)c2c(-c3ccc(Br)cc3)csc2n1. The van der Waals surface area contributed by atoms with E-state index < -0.39 is 0 Å². The number of fused-ring (bicyclic) bond motifs is 1. The van der Waals surface area contributed by atoms with Crippen LogP contribution in [-0.4, -0.2) is 36.1 Å². The van der Waals surface area contributed by atoms with Crippen molar-refractivity contribution in [3.8, 4) is 11.1 Å². The second-order valence-electron chi connectivity index (χ2n) is 5.39. The van der Waals surface area contributed by atoms with E-state index in [-0.39, 0.29) is 0 Å². The van der Waals surface area contributed by atoms with Gasteiger partial charge in [-0.15, -0.1) is 11.3 Å². The van der Waals surface area contributed by atoms with Crippen molar-refractivity contribution in [3.05, 3.63) is 39.4 Å². The Balaban J connectivity index is 1.90. The molecule has 23 heavy (non-hydrogen) atoms. The lowest BCUT2D eigenvalue weighted by Crippen LogP contribution is -2.44.